The number of hydrogen-bond donors (Lipinski definition) is 2. The van der Waals surface area contributed by atoms with Gasteiger partial charge in [0.2, 0.25) is 10.0 Å². The molecular formula is C14H21BrN2O2S. The molecule has 0 radical (unpaired) electrons. The molecule has 20 heavy (non-hydrogen) atoms. The highest BCUT2D eigenvalue weighted by molar-refractivity contribution is 9.10. The summed E-state index contributed by atoms with van der Waals surface area (Å²) in [5.41, 5.74) is 7.16. The molecule has 6 heteroatoms. The average Bonchev–Trinajstić information content (AvgIpc) is 2.77. The number of nitrogens with two attached hydrogens (primary N) is 1. The van der Waals surface area contributed by atoms with E-state index in [0.717, 1.165) is 34.9 Å². The third-order valence-corrected chi connectivity index (χ3v) is 6.49. The minimum atomic E-state index is -3.50. The van der Waals surface area contributed by atoms with Crippen molar-refractivity contribution in [3.63, 3.8) is 0 Å². The van der Waals surface area contributed by atoms with Gasteiger partial charge in [-0.1, -0.05) is 29.3 Å². The summed E-state index contributed by atoms with van der Waals surface area (Å²) in [6.45, 7) is 4.22. The fourth-order valence-electron chi connectivity index (χ4n) is 2.69. The fourth-order valence-corrected chi connectivity index (χ4v) is 5.02. The lowest BCUT2D eigenvalue weighted by Gasteiger charge is -2.19. The number of sulfonamides is 1. The van der Waals surface area contributed by atoms with Gasteiger partial charge in [-0.25, -0.2) is 13.1 Å². The number of halogens is 1. The summed E-state index contributed by atoms with van der Waals surface area (Å²) in [6.07, 6.45) is 3.08. The van der Waals surface area contributed by atoms with Gasteiger partial charge in [-0.3, -0.25) is 0 Å². The maximum absolute atomic E-state index is 12.6. The van der Waals surface area contributed by atoms with Crippen molar-refractivity contribution in [2.75, 3.05) is 0 Å². The predicted octanol–water partition coefficient (Wildman–Crippen LogP) is 2.68. The Labute approximate surface area is 129 Å². The summed E-state index contributed by atoms with van der Waals surface area (Å²) in [7, 11) is -3.50. The Morgan fingerprint density at radius 1 is 1.40 bits per heavy atom. The zero-order chi connectivity index (χ0) is 14.9. The standard InChI is InChI=1S/C14H21BrN2O2S/c1-9-4-3-5-13(9)17-20(18,19)14-7-11(8-16)6-12(15)10(14)2/h6-7,9,13,17H,3-5,8,16H2,1-2H3. The smallest absolute Gasteiger partial charge is 0.241 e. The van der Waals surface area contributed by atoms with Crippen molar-refractivity contribution in [1.82, 2.24) is 4.72 Å². The van der Waals surface area contributed by atoms with Crippen molar-refractivity contribution in [3.05, 3.63) is 27.7 Å². The van der Waals surface area contributed by atoms with Gasteiger partial charge in [-0.2, -0.15) is 0 Å². The van der Waals surface area contributed by atoms with Crippen molar-refractivity contribution < 1.29 is 8.42 Å². The van der Waals surface area contributed by atoms with Crippen LogP contribution in [0.1, 0.15) is 37.3 Å². The molecule has 0 aromatic heterocycles. The molecule has 0 saturated heterocycles. The molecule has 2 unspecified atom stereocenters. The summed E-state index contributed by atoms with van der Waals surface area (Å²) in [6, 6.07) is 3.58. The third kappa shape index (κ3) is 3.24. The molecule has 4 nitrogen and oxygen atoms in total. The Balaban J connectivity index is 2.36. The van der Waals surface area contributed by atoms with Crippen LogP contribution in [0.25, 0.3) is 0 Å². The molecule has 3 N–H and O–H groups in total. The Morgan fingerprint density at radius 3 is 2.65 bits per heavy atom. The van der Waals surface area contributed by atoms with Gasteiger partial charge in [-0.05, 0) is 48.9 Å². The quantitative estimate of drug-likeness (QED) is 0.866. The summed E-state index contributed by atoms with van der Waals surface area (Å²) in [5.74, 6) is 0.395. The highest BCUT2D eigenvalue weighted by atomic mass is 79.9. The maximum Gasteiger partial charge on any atom is 0.241 e. The van der Waals surface area contributed by atoms with Crippen LogP contribution in [-0.2, 0) is 16.6 Å². The van der Waals surface area contributed by atoms with Gasteiger partial charge in [0.15, 0.2) is 0 Å². The van der Waals surface area contributed by atoms with Crippen LogP contribution in [0.2, 0.25) is 0 Å². The van der Waals surface area contributed by atoms with Gasteiger partial charge >= 0.3 is 0 Å². The van der Waals surface area contributed by atoms with E-state index in [0.29, 0.717) is 17.4 Å². The van der Waals surface area contributed by atoms with E-state index in [1.165, 1.54) is 0 Å². The Morgan fingerprint density at radius 2 is 2.10 bits per heavy atom. The lowest BCUT2D eigenvalue weighted by molar-refractivity contribution is 0.476. The van der Waals surface area contributed by atoms with E-state index in [9.17, 15) is 8.42 Å². The van der Waals surface area contributed by atoms with Crippen LogP contribution in [0.5, 0.6) is 0 Å². The van der Waals surface area contributed by atoms with Crippen LogP contribution in [0.4, 0.5) is 0 Å². The number of nitrogens with one attached hydrogen (secondary N) is 1. The molecule has 1 fully saturated rings. The first-order chi connectivity index (χ1) is 9.35. The predicted molar refractivity (Wildman–Crippen MR) is 83.9 cm³/mol. The molecule has 0 spiro atoms. The second-order valence-electron chi connectivity index (χ2n) is 5.54. The molecular weight excluding hydrogens is 340 g/mol. The second-order valence-corrected chi connectivity index (χ2v) is 8.08. The molecule has 2 atom stereocenters. The van der Waals surface area contributed by atoms with Gasteiger partial charge < -0.3 is 5.73 Å². The molecule has 0 aliphatic heterocycles. The largest absolute Gasteiger partial charge is 0.326 e. The molecule has 1 aliphatic carbocycles. The lowest BCUT2D eigenvalue weighted by atomic mass is 10.1. The van der Waals surface area contributed by atoms with Crippen molar-refractivity contribution >= 4 is 26.0 Å². The normalized spacial score (nSPS) is 23.2. The van der Waals surface area contributed by atoms with Crippen LogP contribution in [0.15, 0.2) is 21.5 Å². The van der Waals surface area contributed by atoms with Gasteiger partial charge in [0.25, 0.3) is 0 Å². The van der Waals surface area contributed by atoms with E-state index in [-0.39, 0.29) is 6.04 Å². The minimum Gasteiger partial charge on any atom is -0.326 e. The van der Waals surface area contributed by atoms with Gasteiger partial charge in [0, 0.05) is 17.1 Å². The van der Waals surface area contributed by atoms with Gasteiger partial charge in [0.05, 0.1) is 4.90 Å². The highest BCUT2D eigenvalue weighted by Crippen LogP contribution is 2.29. The van der Waals surface area contributed by atoms with E-state index < -0.39 is 10.0 Å². The van der Waals surface area contributed by atoms with Crippen LogP contribution in [0.3, 0.4) is 0 Å². The molecule has 1 aromatic carbocycles. The molecule has 1 aliphatic rings. The van der Waals surface area contributed by atoms with Crippen LogP contribution >= 0.6 is 15.9 Å². The monoisotopic (exact) mass is 360 g/mol. The number of benzene rings is 1. The van der Waals surface area contributed by atoms with Crippen molar-refractivity contribution in [2.45, 2.75) is 50.6 Å². The average molecular weight is 361 g/mol. The van der Waals surface area contributed by atoms with Crippen LogP contribution in [-0.4, -0.2) is 14.5 Å². The van der Waals surface area contributed by atoms with E-state index in [4.69, 9.17) is 5.73 Å². The molecule has 0 bridgehead atoms. The van der Waals surface area contributed by atoms with E-state index in [2.05, 4.69) is 27.6 Å². The maximum atomic E-state index is 12.6. The highest BCUT2D eigenvalue weighted by Gasteiger charge is 2.29. The Bertz CT molecular complexity index is 601. The SMILES string of the molecule is Cc1c(Br)cc(CN)cc1S(=O)(=O)NC1CCCC1C. The first-order valence-electron chi connectivity index (χ1n) is 6.86. The first kappa shape index (κ1) is 15.9. The topological polar surface area (TPSA) is 72.2 Å². The summed E-state index contributed by atoms with van der Waals surface area (Å²) >= 11 is 3.41. The van der Waals surface area contributed by atoms with Crippen LogP contribution in [0, 0.1) is 12.8 Å². The first-order valence-corrected chi connectivity index (χ1v) is 9.14. The fraction of sp³-hybridized carbons (Fsp3) is 0.571. The molecule has 1 saturated carbocycles. The zero-order valence-corrected chi connectivity index (χ0v) is 14.2. The summed E-state index contributed by atoms with van der Waals surface area (Å²) in [4.78, 5) is 0.325. The van der Waals surface area contributed by atoms with Crippen molar-refractivity contribution in [1.29, 1.82) is 0 Å². The minimum absolute atomic E-state index is 0.0414. The van der Waals surface area contributed by atoms with Crippen molar-refractivity contribution in [2.24, 2.45) is 11.7 Å². The second kappa shape index (κ2) is 6.13. The number of rotatable bonds is 4. The molecule has 2 rings (SSSR count). The molecule has 112 valence electrons. The molecule has 1 aromatic rings. The van der Waals surface area contributed by atoms with E-state index >= 15 is 0 Å². The summed E-state index contributed by atoms with van der Waals surface area (Å²) < 4.78 is 28.8. The molecule has 0 heterocycles. The van der Waals surface area contributed by atoms with Gasteiger partial charge in [0.1, 0.15) is 0 Å². The van der Waals surface area contributed by atoms with Crippen molar-refractivity contribution in [3.8, 4) is 0 Å². The number of hydrogen-bond acceptors (Lipinski definition) is 3. The zero-order valence-electron chi connectivity index (χ0n) is 11.8. The van der Waals surface area contributed by atoms with Crippen LogP contribution < -0.4 is 10.5 Å². The van der Waals surface area contributed by atoms with E-state index in [1.54, 1.807) is 13.0 Å². The van der Waals surface area contributed by atoms with E-state index in [1.807, 2.05) is 6.07 Å². The summed E-state index contributed by atoms with van der Waals surface area (Å²) in [5, 5.41) is 0. The molecule has 0 amide bonds. The van der Waals surface area contributed by atoms with Gasteiger partial charge in [-0.15, -0.1) is 0 Å². The Hall–Kier alpha value is -0.430. The Kier molecular flexibility index (Phi) is 4.89. The lowest BCUT2D eigenvalue weighted by Crippen LogP contribution is -2.36. The third-order valence-electron chi connectivity index (χ3n) is 4.05.